The maximum Gasteiger partial charge on any atom is 0.317 e. The van der Waals surface area contributed by atoms with Crippen LogP contribution in [0.2, 0.25) is 0 Å². The number of nitrogens with zero attached hydrogens (tertiary/aromatic N) is 1. The second-order valence-electron chi connectivity index (χ2n) is 8.42. The summed E-state index contributed by atoms with van der Waals surface area (Å²) in [7, 11) is 0. The molecule has 0 unspecified atom stereocenters. The van der Waals surface area contributed by atoms with Crippen LogP contribution in [0.4, 0.5) is 4.79 Å². The zero-order valence-electron chi connectivity index (χ0n) is 15.8. The Kier molecular flexibility index (Phi) is 6.60. The predicted octanol–water partition coefficient (Wildman–Crippen LogP) is 3.44. The molecule has 3 fully saturated rings. The molecule has 0 spiro atoms. The van der Waals surface area contributed by atoms with Gasteiger partial charge >= 0.3 is 6.03 Å². The third-order valence-corrected chi connectivity index (χ3v) is 6.52. The number of amides is 3. The molecule has 3 aliphatic rings. The molecule has 0 bridgehead atoms. The summed E-state index contributed by atoms with van der Waals surface area (Å²) in [6, 6.07) is 0.788. The van der Waals surface area contributed by atoms with E-state index >= 15 is 0 Å². The number of nitrogens with one attached hydrogen (secondary N) is 2. The van der Waals surface area contributed by atoms with Gasteiger partial charge in [-0.3, -0.25) is 4.79 Å². The van der Waals surface area contributed by atoms with E-state index in [4.69, 9.17) is 0 Å². The van der Waals surface area contributed by atoms with Crippen LogP contribution in [0.15, 0.2) is 0 Å². The Morgan fingerprint density at radius 3 is 2.12 bits per heavy atom. The zero-order chi connectivity index (χ0) is 17.6. The monoisotopic (exact) mass is 349 g/mol. The van der Waals surface area contributed by atoms with Gasteiger partial charge in [0.25, 0.3) is 0 Å². The Labute approximate surface area is 152 Å². The minimum atomic E-state index is 0.0756. The van der Waals surface area contributed by atoms with Crippen molar-refractivity contribution < 1.29 is 9.59 Å². The SMILES string of the molecule is C[C@@H]1CCCC[C@H]1NC(=O)C1CCN(C(=O)NC2CCCCC2)CC1. The van der Waals surface area contributed by atoms with Crippen LogP contribution >= 0.6 is 0 Å². The number of hydrogen-bond acceptors (Lipinski definition) is 2. The molecule has 0 aromatic rings. The molecule has 0 aromatic carbocycles. The average Bonchev–Trinajstić information content (AvgIpc) is 2.64. The molecule has 2 aliphatic carbocycles. The molecule has 2 saturated carbocycles. The maximum atomic E-state index is 12.6. The molecule has 1 aliphatic heterocycles. The Morgan fingerprint density at radius 2 is 1.44 bits per heavy atom. The highest BCUT2D eigenvalue weighted by atomic mass is 16.2. The number of urea groups is 1. The highest BCUT2D eigenvalue weighted by molar-refractivity contribution is 5.80. The van der Waals surface area contributed by atoms with Gasteiger partial charge < -0.3 is 15.5 Å². The van der Waals surface area contributed by atoms with Crippen molar-refractivity contribution in [1.29, 1.82) is 0 Å². The molecule has 0 aromatic heterocycles. The number of carbonyl (C=O) groups excluding carboxylic acids is 2. The van der Waals surface area contributed by atoms with Gasteiger partial charge in [0.05, 0.1) is 0 Å². The minimum absolute atomic E-state index is 0.0756. The molecule has 1 saturated heterocycles. The Bertz CT molecular complexity index is 454. The van der Waals surface area contributed by atoms with Gasteiger partial charge in [-0.1, -0.05) is 39.0 Å². The van der Waals surface area contributed by atoms with Crippen molar-refractivity contribution in [3.05, 3.63) is 0 Å². The van der Waals surface area contributed by atoms with Crippen LogP contribution in [0.5, 0.6) is 0 Å². The second-order valence-corrected chi connectivity index (χ2v) is 8.42. The highest BCUT2D eigenvalue weighted by Crippen LogP contribution is 2.25. The fourth-order valence-electron chi connectivity index (χ4n) is 4.69. The van der Waals surface area contributed by atoms with E-state index in [1.54, 1.807) is 0 Å². The van der Waals surface area contributed by atoms with Gasteiger partial charge in [0.1, 0.15) is 0 Å². The smallest absolute Gasteiger partial charge is 0.317 e. The van der Waals surface area contributed by atoms with E-state index in [0.29, 0.717) is 31.1 Å². The minimum Gasteiger partial charge on any atom is -0.353 e. The van der Waals surface area contributed by atoms with E-state index in [1.807, 2.05) is 4.90 Å². The molecule has 5 nitrogen and oxygen atoms in total. The van der Waals surface area contributed by atoms with Crippen molar-refractivity contribution in [2.75, 3.05) is 13.1 Å². The first kappa shape index (κ1) is 18.5. The summed E-state index contributed by atoms with van der Waals surface area (Å²) < 4.78 is 0. The van der Waals surface area contributed by atoms with Crippen LogP contribution < -0.4 is 10.6 Å². The van der Waals surface area contributed by atoms with Crippen molar-refractivity contribution in [1.82, 2.24) is 15.5 Å². The van der Waals surface area contributed by atoms with E-state index in [9.17, 15) is 9.59 Å². The standard InChI is InChI=1S/C20H35N3O2/c1-15-7-5-6-10-18(15)22-19(24)16-11-13-23(14-12-16)20(25)21-17-8-3-2-4-9-17/h15-18H,2-14H2,1H3,(H,21,25)(H,22,24)/t15-,18-/m1/s1. The Balaban J connectivity index is 1.40. The lowest BCUT2D eigenvalue weighted by Crippen LogP contribution is -2.51. The van der Waals surface area contributed by atoms with Crippen molar-refractivity contribution in [3.63, 3.8) is 0 Å². The van der Waals surface area contributed by atoms with Gasteiger partial charge in [0.15, 0.2) is 0 Å². The molecule has 3 rings (SSSR count). The van der Waals surface area contributed by atoms with Crippen LogP contribution in [0.25, 0.3) is 0 Å². The first-order valence-corrected chi connectivity index (χ1v) is 10.5. The maximum absolute atomic E-state index is 12.6. The number of rotatable bonds is 3. The van der Waals surface area contributed by atoms with E-state index in [0.717, 1.165) is 32.1 Å². The number of likely N-dealkylation sites (tertiary alicyclic amines) is 1. The molecule has 0 radical (unpaired) electrons. The number of piperidine rings is 1. The van der Waals surface area contributed by atoms with Gasteiger partial charge in [0.2, 0.25) is 5.91 Å². The third-order valence-electron chi connectivity index (χ3n) is 6.52. The van der Waals surface area contributed by atoms with Gasteiger partial charge in [-0.25, -0.2) is 4.79 Å². The number of hydrogen-bond donors (Lipinski definition) is 2. The lowest BCUT2D eigenvalue weighted by atomic mass is 9.85. The quantitative estimate of drug-likeness (QED) is 0.820. The number of carbonyl (C=O) groups is 2. The Morgan fingerprint density at radius 1 is 0.800 bits per heavy atom. The molecular weight excluding hydrogens is 314 g/mol. The van der Waals surface area contributed by atoms with Crippen LogP contribution in [-0.2, 0) is 4.79 Å². The fourth-order valence-corrected chi connectivity index (χ4v) is 4.69. The summed E-state index contributed by atoms with van der Waals surface area (Å²) in [6.07, 6.45) is 12.5. The van der Waals surface area contributed by atoms with Crippen LogP contribution in [0.3, 0.4) is 0 Å². The molecular formula is C20H35N3O2. The molecule has 25 heavy (non-hydrogen) atoms. The molecule has 2 atom stereocenters. The zero-order valence-corrected chi connectivity index (χ0v) is 15.8. The normalized spacial score (nSPS) is 29.2. The van der Waals surface area contributed by atoms with Gasteiger partial charge in [0, 0.05) is 31.1 Å². The molecule has 3 amide bonds. The van der Waals surface area contributed by atoms with Crippen molar-refractivity contribution in [2.24, 2.45) is 11.8 Å². The average molecular weight is 350 g/mol. The highest BCUT2D eigenvalue weighted by Gasteiger charge is 2.31. The van der Waals surface area contributed by atoms with Gasteiger partial charge in [-0.05, 0) is 44.4 Å². The van der Waals surface area contributed by atoms with Gasteiger partial charge in [-0.2, -0.15) is 0 Å². The predicted molar refractivity (Wildman–Crippen MR) is 99.3 cm³/mol. The summed E-state index contributed by atoms with van der Waals surface area (Å²) in [5.41, 5.74) is 0. The lowest BCUT2D eigenvalue weighted by molar-refractivity contribution is -0.127. The second kappa shape index (κ2) is 8.91. The first-order chi connectivity index (χ1) is 12.1. The van der Waals surface area contributed by atoms with Crippen LogP contribution in [0, 0.1) is 11.8 Å². The van der Waals surface area contributed by atoms with Crippen LogP contribution in [0.1, 0.15) is 77.6 Å². The fraction of sp³-hybridized carbons (Fsp3) is 0.900. The summed E-state index contributed by atoms with van der Waals surface area (Å²) in [5.74, 6) is 0.887. The van der Waals surface area contributed by atoms with E-state index < -0.39 is 0 Å². The molecule has 5 heteroatoms. The van der Waals surface area contributed by atoms with E-state index in [2.05, 4.69) is 17.6 Å². The third kappa shape index (κ3) is 5.11. The van der Waals surface area contributed by atoms with Crippen LogP contribution in [-0.4, -0.2) is 42.0 Å². The molecule has 142 valence electrons. The van der Waals surface area contributed by atoms with E-state index in [1.165, 1.54) is 38.5 Å². The topological polar surface area (TPSA) is 61.4 Å². The Hall–Kier alpha value is -1.26. The van der Waals surface area contributed by atoms with Gasteiger partial charge in [-0.15, -0.1) is 0 Å². The molecule has 2 N–H and O–H groups in total. The summed E-state index contributed by atoms with van der Waals surface area (Å²) in [6.45, 7) is 3.66. The van der Waals surface area contributed by atoms with Crippen molar-refractivity contribution >= 4 is 11.9 Å². The summed E-state index contributed by atoms with van der Waals surface area (Å²) in [4.78, 5) is 26.9. The van der Waals surface area contributed by atoms with E-state index in [-0.39, 0.29) is 17.9 Å². The lowest BCUT2D eigenvalue weighted by Gasteiger charge is -2.35. The van der Waals surface area contributed by atoms with Crippen molar-refractivity contribution in [3.8, 4) is 0 Å². The largest absolute Gasteiger partial charge is 0.353 e. The first-order valence-electron chi connectivity index (χ1n) is 10.5. The van der Waals surface area contributed by atoms with Crippen molar-refractivity contribution in [2.45, 2.75) is 89.6 Å². The summed E-state index contributed by atoms with van der Waals surface area (Å²) in [5, 5.41) is 6.48. The molecule has 1 heterocycles. The summed E-state index contributed by atoms with van der Waals surface area (Å²) >= 11 is 0.